The second kappa shape index (κ2) is 12.3. The summed E-state index contributed by atoms with van der Waals surface area (Å²) in [6, 6.07) is -0.436. The van der Waals surface area contributed by atoms with Gasteiger partial charge in [0.1, 0.15) is 11.7 Å². The van der Waals surface area contributed by atoms with Crippen LogP contribution in [0.2, 0.25) is 0 Å². The summed E-state index contributed by atoms with van der Waals surface area (Å²) in [5, 5.41) is 4.57. The lowest BCUT2D eigenvalue weighted by Crippen LogP contribution is -2.55. The van der Waals surface area contributed by atoms with Gasteiger partial charge in [0.05, 0.1) is 12.8 Å². The first kappa shape index (κ1) is 21.0. The molecular weight excluding hydrogens is 322 g/mol. The molecule has 0 bridgehead atoms. The molecule has 1 unspecified atom stereocenters. The second-order valence-corrected chi connectivity index (χ2v) is 5.67. The van der Waals surface area contributed by atoms with Gasteiger partial charge in [-0.25, -0.2) is 9.99 Å². The summed E-state index contributed by atoms with van der Waals surface area (Å²) in [7, 11) is 1.59. The van der Waals surface area contributed by atoms with Crippen LogP contribution in [0.3, 0.4) is 0 Å². The van der Waals surface area contributed by atoms with Gasteiger partial charge in [-0.2, -0.15) is 0 Å². The van der Waals surface area contributed by atoms with Crippen molar-refractivity contribution in [3.8, 4) is 0 Å². The maximum atomic E-state index is 12.5. The van der Waals surface area contributed by atoms with Crippen molar-refractivity contribution in [1.82, 2.24) is 25.7 Å². The zero-order chi connectivity index (χ0) is 18.5. The molecule has 0 saturated carbocycles. The van der Waals surface area contributed by atoms with Gasteiger partial charge in [0.25, 0.3) is 5.91 Å². The minimum Gasteiger partial charge on any atom is -0.383 e. The summed E-state index contributed by atoms with van der Waals surface area (Å²) in [4.78, 5) is 32.9. The first-order valence-corrected chi connectivity index (χ1v) is 8.74. The van der Waals surface area contributed by atoms with Crippen molar-refractivity contribution in [2.75, 3.05) is 26.8 Å². The van der Waals surface area contributed by atoms with Crippen LogP contribution in [0.4, 0.5) is 0 Å². The van der Waals surface area contributed by atoms with Crippen molar-refractivity contribution in [3.05, 3.63) is 24.3 Å². The van der Waals surface area contributed by atoms with E-state index in [9.17, 15) is 9.59 Å². The lowest BCUT2D eigenvalue weighted by Gasteiger charge is -2.30. The number of rotatable bonds is 12. The summed E-state index contributed by atoms with van der Waals surface area (Å²) < 4.78 is 4.97. The average Bonchev–Trinajstić information content (AvgIpc) is 2.64. The molecule has 1 aromatic rings. The molecule has 2 amide bonds. The Morgan fingerprint density at radius 1 is 1.28 bits per heavy atom. The Morgan fingerprint density at radius 3 is 2.68 bits per heavy atom. The van der Waals surface area contributed by atoms with Crippen LogP contribution in [-0.2, 0) is 9.53 Å². The van der Waals surface area contributed by atoms with Gasteiger partial charge < -0.3 is 10.1 Å². The Hall–Kier alpha value is -2.06. The second-order valence-electron chi connectivity index (χ2n) is 5.67. The van der Waals surface area contributed by atoms with Crippen molar-refractivity contribution < 1.29 is 14.3 Å². The molecule has 0 aliphatic heterocycles. The van der Waals surface area contributed by atoms with Gasteiger partial charge in [-0.1, -0.05) is 26.7 Å². The number of hydrogen-bond donors (Lipinski definition) is 2. The number of nitrogens with zero attached hydrogens (tertiary/aromatic N) is 3. The fraction of sp³-hybridized carbons (Fsp3) is 0.647. The minimum absolute atomic E-state index is 0.116. The van der Waals surface area contributed by atoms with E-state index >= 15 is 0 Å². The van der Waals surface area contributed by atoms with Crippen molar-refractivity contribution in [2.45, 2.75) is 45.6 Å². The van der Waals surface area contributed by atoms with Crippen LogP contribution in [0.15, 0.2) is 18.6 Å². The van der Waals surface area contributed by atoms with E-state index in [1.165, 1.54) is 18.6 Å². The number of ether oxygens (including phenoxy) is 1. The van der Waals surface area contributed by atoms with Crippen LogP contribution in [0.25, 0.3) is 0 Å². The van der Waals surface area contributed by atoms with E-state index in [-0.39, 0.29) is 17.5 Å². The van der Waals surface area contributed by atoms with Gasteiger partial charge in [-0.15, -0.1) is 0 Å². The van der Waals surface area contributed by atoms with Crippen LogP contribution < -0.4 is 10.7 Å². The highest BCUT2D eigenvalue weighted by molar-refractivity contribution is 5.92. The summed E-state index contributed by atoms with van der Waals surface area (Å²) in [5.74, 6) is -0.482. The topological polar surface area (TPSA) is 96.5 Å². The SMILES string of the molecule is CCCCN(NC(=O)c1cnccn1)C(CCC)C(=O)NCCOC. The quantitative estimate of drug-likeness (QED) is 0.433. The highest BCUT2D eigenvalue weighted by Gasteiger charge is 2.26. The zero-order valence-electron chi connectivity index (χ0n) is 15.3. The third-order valence-corrected chi connectivity index (χ3v) is 3.64. The fourth-order valence-corrected chi connectivity index (χ4v) is 2.32. The summed E-state index contributed by atoms with van der Waals surface area (Å²) in [5.41, 5.74) is 3.05. The standard InChI is InChI=1S/C17H29N5O3/c1-4-6-11-22(21-16(23)14-13-18-8-9-19-14)15(7-5-2)17(24)20-10-12-25-3/h8-9,13,15H,4-7,10-12H2,1-3H3,(H,20,24)(H,21,23). The summed E-state index contributed by atoms with van der Waals surface area (Å²) in [6.07, 6.45) is 7.67. The number of hydrogen-bond acceptors (Lipinski definition) is 6. The van der Waals surface area contributed by atoms with Crippen LogP contribution in [0, 0.1) is 0 Å². The molecule has 8 nitrogen and oxygen atoms in total. The Bertz CT molecular complexity index is 512. The predicted octanol–water partition coefficient (Wildman–Crippen LogP) is 1.15. The Morgan fingerprint density at radius 2 is 2.08 bits per heavy atom. The molecule has 25 heavy (non-hydrogen) atoms. The smallest absolute Gasteiger partial charge is 0.285 e. The number of methoxy groups -OCH3 is 1. The molecule has 0 radical (unpaired) electrons. The molecule has 0 fully saturated rings. The monoisotopic (exact) mass is 351 g/mol. The highest BCUT2D eigenvalue weighted by Crippen LogP contribution is 2.08. The van der Waals surface area contributed by atoms with Gasteiger partial charge in [-0.3, -0.25) is 20.0 Å². The maximum Gasteiger partial charge on any atom is 0.285 e. The van der Waals surface area contributed by atoms with E-state index in [1.807, 2.05) is 6.92 Å². The van der Waals surface area contributed by atoms with E-state index in [1.54, 1.807) is 12.1 Å². The minimum atomic E-state index is -0.436. The average molecular weight is 351 g/mol. The number of aromatic nitrogens is 2. The van der Waals surface area contributed by atoms with Crippen molar-refractivity contribution in [2.24, 2.45) is 0 Å². The first-order valence-electron chi connectivity index (χ1n) is 8.74. The summed E-state index contributed by atoms with van der Waals surface area (Å²) >= 11 is 0. The molecule has 1 aromatic heterocycles. The molecule has 0 aromatic carbocycles. The van der Waals surface area contributed by atoms with Gasteiger partial charge >= 0.3 is 0 Å². The number of amides is 2. The molecular formula is C17H29N5O3. The number of nitrogens with one attached hydrogen (secondary N) is 2. The largest absolute Gasteiger partial charge is 0.383 e. The maximum absolute atomic E-state index is 12.5. The van der Waals surface area contributed by atoms with Crippen LogP contribution >= 0.6 is 0 Å². The normalized spacial score (nSPS) is 12.0. The highest BCUT2D eigenvalue weighted by atomic mass is 16.5. The molecule has 1 atom stereocenters. The fourth-order valence-electron chi connectivity index (χ4n) is 2.32. The van der Waals surface area contributed by atoms with Gasteiger partial charge in [0.15, 0.2) is 0 Å². The molecule has 1 rings (SSSR count). The van der Waals surface area contributed by atoms with Crippen LogP contribution in [0.5, 0.6) is 0 Å². The zero-order valence-corrected chi connectivity index (χ0v) is 15.3. The number of carbonyl (C=O) groups excluding carboxylic acids is 2. The Labute approximate surface area is 149 Å². The third kappa shape index (κ3) is 7.57. The third-order valence-electron chi connectivity index (χ3n) is 3.64. The van der Waals surface area contributed by atoms with Crippen molar-refractivity contribution >= 4 is 11.8 Å². The van der Waals surface area contributed by atoms with E-state index in [0.29, 0.717) is 26.1 Å². The van der Waals surface area contributed by atoms with Gasteiger partial charge in [0.2, 0.25) is 5.91 Å². The molecule has 0 saturated heterocycles. The number of unbranched alkanes of at least 4 members (excludes halogenated alkanes) is 1. The number of carbonyl (C=O) groups is 2. The van der Waals surface area contributed by atoms with E-state index in [2.05, 4.69) is 27.6 Å². The first-order chi connectivity index (χ1) is 12.1. The van der Waals surface area contributed by atoms with Gasteiger partial charge in [0, 0.05) is 32.6 Å². The summed E-state index contributed by atoms with van der Waals surface area (Å²) in [6.45, 7) is 5.56. The number of hydrazine groups is 1. The molecule has 1 heterocycles. The lowest BCUT2D eigenvalue weighted by molar-refractivity contribution is -0.128. The van der Waals surface area contributed by atoms with Crippen LogP contribution in [0.1, 0.15) is 50.0 Å². The van der Waals surface area contributed by atoms with E-state index in [0.717, 1.165) is 19.3 Å². The van der Waals surface area contributed by atoms with Crippen molar-refractivity contribution in [3.63, 3.8) is 0 Å². The predicted molar refractivity (Wildman–Crippen MR) is 94.7 cm³/mol. The Balaban J connectivity index is 2.83. The molecule has 0 spiro atoms. The van der Waals surface area contributed by atoms with Crippen LogP contribution in [-0.4, -0.2) is 59.6 Å². The molecule has 140 valence electrons. The van der Waals surface area contributed by atoms with Gasteiger partial charge in [-0.05, 0) is 12.8 Å². The lowest BCUT2D eigenvalue weighted by atomic mass is 10.1. The molecule has 2 N–H and O–H groups in total. The van der Waals surface area contributed by atoms with E-state index in [4.69, 9.17) is 4.74 Å². The molecule has 8 heteroatoms. The van der Waals surface area contributed by atoms with Crippen molar-refractivity contribution in [1.29, 1.82) is 0 Å². The molecule has 0 aliphatic rings. The molecule has 0 aliphatic carbocycles. The van der Waals surface area contributed by atoms with E-state index < -0.39 is 6.04 Å². The Kier molecular flexibility index (Phi) is 10.3.